The average molecular weight is 267 g/mol. The fourth-order valence-electron chi connectivity index (χ4n) is 1.89. The maximum Gasteiger partial charge on any atom is 0.416 e. The number of benzene rings is 1. The highest BCUT2D eigenvalue weighted by molar-refractivity contribution is 5.33. The standard InChI is InChI=1S/C13H12F3N3/c1-17-12(10-5-6-18-19-8-10)9-3-2-4-11(7-9)13(14,15)16/h2-8,12,17H,1H3. The fourth-order valence-corrected chi connectivity index (χ4v) is 1.89. The minimum Gasteiger partial charge on any atom is -0.309 e. The lowest BCUT2D eigenvalue weighted by atomic mass is 9.99. The Morgan fingerprint density at radius 3 is 2.47 bits per heavy atom. The van der Waals surface area contributed by atoms with Gasteiger partial charge in [0.15, 0.2) is 0 Å². The topological polar surface area (TPSA) is 37.8 Å². The van der Waals surface area contributed by atoms with Crippen molar-refractivity contribution in [1.29, 1.82) is 0 Å². The van der Waals surface area contributed by atoms with E-state index in [4.69, 9.17) is 0 Å². The molecule has 0 saturated carbocycles. The van der Waals surface area contributed by atoms with Crippen LogP contribution in [-0.2, 0) is 6.18 Å². The molecule has 0 aliphatic carbocycles. The maximum atomic E-state index is 12.7. The van der Waals surface area contributed by atoms with E-state index >= 15 is 0 Å². The summed E-state index contributed by atoms with van der Waals surface area (Å²) < 4.78 is 38.1. The van der Waals surface area contributed by atoms with Crippen LogP contribution in [0.25, 0.3) is 0 Å². The van der Waals surface area contributed by atoms with Crippen molar-refractivity contribution in [2.75, 3.05) is 7.05 Å². The van der Waals surface area contributed by atoms with Gasteiger partial charge in [-0.25, -0.2) is 0 Å². The van der Waals surface area contributed by atoms with Crippen LogP contribution < -0.4 is 5.32 Å². The van der Waals surface area contributed by atoms with Crippen molar-refractivity contribution in [3.8, 4) is 0 Å². The third kappa shape index (κ3) is 3.08. The Morgan fingerprint density at radius 2 is 1.89 bits per heavy atom. The maximum absolute atomic E-state index is 12.7. The summed E-state index contributed by atoms with van der Waals surface area (Å²) in [6, 6.07) is 6.61. The van der Waals surface area contributed by atoms with E-state index in [-0.39, 0.29) is 6.04 Å². The van der Waals surface area contributed by atoms with Crippen molar-refractivity contribution in [1.82, 2.24) is 15.5 Å². The van der Waals surface area contributed by atoms with Crippen LogP contribution in [0.15, 0.2) is 42.7 Å². The normalized spacial score (nSPS) is 13.3. The molecule has 0 saturated heterocycles. The number of hydrogen-bond donors (Lipinski definition) is 1. The molecule has 0 amide bonds. The Labute approximate surface area is 108 Å². The predicted molar refractivity (Wildman–Crippen MR) is 64.4 cm³/mol. The third-order valence-electron chi connectivity index (χ3n) is 2.78. The van der Waals surface area contributed by atoms with Gasteiger partial charge in [-0.05, 0) is 36.4 Å². The van der Waals surface area contributed by atoms with E-state index < -0.39 is 11.7 Å². The van der Waals surface area contributed by atoms with Crippen LogP contribution in [0.2, 0.25) is 0 Å². The number of aromatic nitrogens is 2. The number of nitrogens with zero attached hydrogens (tertiary/aromatic N) is 2. The minimum atomic E-state index is -4.34. The van der Waals surface area contributed by atoms with Crippen LogP contribution in [-0.4, -0.2) is 17.2 Å². The smallest absolute Gasteiger partial charge is 0.309 e. The summed E-state index contributed by atoms with van der Waals surface area (Å²) in [7, 11) is 1.69. The monoisotopic (exact) mass is 267 g/mol. The van der Waals surface area contributed by atoms with Gasteiger partial charge in [0.25, 0.3) is 0 Å². The lowest BCUT2D eigenvalue weighted by molar-refractivity contribution is -0.137. The van der Waals surface area contributed by atoms with Crippen LogP contribution in [0, 0.1) is 0 Å². The molecule has 0 bridgehead atoms. The molecule has 0 fully saturated rings. The van der Waals surface area contributed by atoms with E-state index in [9.17, 15) is 13.2 Å². The summed E-state index contributed by atoms with van der Waals surface area (Å²) >= 11 is 0. The molecule has 3 nitrogen and oxygen atoms in total. The van der Waals surface area contributed by atoms with Crippen molar-refractivity contribution in [3.63, 3.8) is 0 Å². The highest BCUT2D eigenvalue weighted by Gasteiger charge is 2.31. The van der Waals surface area contributed by atoms with E-state index in [1.54, 1.807) is 19.2 Å². The Kier molecular flexibility index (Phi) is 3.80. The molecular weight excluding hydrogens is 255 g/mol. The number of rotatable bonds is 3. The lowest BCUT2D eigenvalue weighted by Gasteiger charge is -2.18. The third-order valence-corrected chi connectivity index (χ3v) is 2.78. The number of hydrogen-bond acceptors (Lipinski definition) is 3. The lowest BCUT2D eigenvalue weighted by Crippen LogP contribution is -2.18. The fraction of sp³-hybridized carbons (Fsp3) is 0.231. The van der Waals surface area contributed by atoms with Gasteiger partial charge in [0, 0.05) is 6.20 Å². The van der Waals surface area contributed by atoms with Crippen LogP contribution >= 0.6 is 0 Å². The average Bonchev–Trinajstić information content (AvgIpc) is 2.40. The summed E-state index contributed by atoms with van der Waals surface area (Å²) in [6.45, 7) is 0. The SMILES string of the molecule is CNC(c1ccnnc1)c1cccc(C(F)(F)F)c1. The van der Waals surface area contributed by atoms with Gasteiger partial charge in [0.05, 0.1) is 17.8 Å². The van der Waals surface area contributed by atoms with E-state index in [0.717, 1.165) is 17.7 Å². The summed E-state index contributed by atoms with van der Waals surface area (Å²) in [6.07, 6.45) is -1.31. The molecular formula is C13H12F3N3. The zero-order valence-corrected chi connectivity index (χ0v) is 10.1. The van der Waals surface area contributed by atoms with Crippen molar-refractivity contribution < 1.29 is 13.2 Å². The molecule has 1 heterocycles. The highest BCUT2D eigenvalue weighted by atomic mass is 19.4. The molecule has 1 atom stereocenters. The van der Waals surface area contributed by atoms with Gasteiger partial charge in [-0.1, -0.05) is 12.1 Å². The first kappa shape index (κ1) is 13.5. The van der Waals surface area contributed by atoms with Gasteiger partial charge >= 0.3 is 6.18 Å². The zero-order chi connectivity index (χ0) is 13.9. The van der Waals surface area contributed by atoms with Crippen LogP contribution in [0.3, 0.4) is 0 Å². The van der Waals surface area contributed by atoms with E-state index in [1.165, 1.54) is 18.5 Å². The number of halogens is 3. The van der Waals surface area contributed by atoms with E-state index in [1.807, 2.05) is 0 Å². The summed E-state index contributed by atoms with van der Waals surface area (Å²) in [4.78, 5) is 0. The van der Waals surface area contributed by atoms with Gasteiger partial charge in [-0.2, -0.15) is 23.4 Å². The molecule has 0 aliphatic rings. The first-order chi connectivity index (χ1) is 9.02. The predicted octanol–water partition coefficient (Wildman–Crippen LogP) is 2.80. The first-order valence-electron chi connectivity index (χ1n) is 5.63. The Bertz CT molecular complexity index is 540. The molecule has 0 radical (unpaired) electrons. The molecule has 2 aromatic rings. The van der Waals surface area contributed by atoms with Crippen LogP contribution in [0.5, 0.6) is 0 Å². The minimum absolute atomic E-state index is 0.349. The summed E-state index contributed by atoms with van der Waals surface area (Å²) in [5.41, 5.74) is 0.634. The molecule has 1 unspecified atom stereocenters. The molecule has 1 aromatic carbocycles. The van der Waals surface area contributed by atoms with Crippen molar-refractivity contribution >= 4 is 0 Å². The molecule has 1 N–H and O–H groups in total. The quantitative estimate of drug-likeness (QED) is 0.929. The molecule has 100 valence electrons. The molecule has 0 aliphatic heterocycles. The molecule has 6 heteroatoms. The molecule has 1 aromatic heterocycles. The summed E-state index contributed by atoms with van der Waals surface area (Å²) in [5.74, 6) is 0. The van der Waals surface area contributed by atoms with Crippen LogP contribution in [0.1, 0.15) is 22.7 Å². The van der Waals surface area contributed by atoms with Crippen molar-refractivity contribution in [2.24, 2.45) is 0 Å². The van der Waals surface area contributed by atoms with Gasteiger partial charge in [0.2, 0.25) is 0 Å². The second kappa shape index (κ2) is 5.36. The highest BCUT2D eigenvalue weighted by Crippen LogP contribution is 2.31. The van der Waals surface area contributed by atoms with Gasteiger partial charge < -0.3 is 5.32 Å². The molecule has 2 rings (SSSR count). The van der Waals surface area contributed by atoms with Gasteiger partial charge in [-0.15, -0.1) is 0 Å². The second-order valence-corrected chi connectivity index (χ2v) is 4.02. The van der Waals surface area contributed by atoms with Crippen molar-refractivity contribution in [2.45, 2.75) is 12.2 Å². The molecule has 19 heavy (non-hydrogen) atoms. The number of nitrogens with one attached hydrogen (secondary N) is 1. The van der Waals surface area contributed by atoms with E-state index in [0.29, 0.717) is 5.56 Å². The summed E-state index contributed by atoms with van der Waals surface area (Å²) in [5, 5.41) is 10.4. The number of alkyl halides is 3. The zero-order valence-electron chi connectivity index (χ0n) is 10.1. The van der Waals surface area contributed by atoms with Gasteiger partial charge in [0.1, 0.15) is 0 Å². The Hall–Kier alpha value is -1.95. The van der Waals surface area contributed by atoms with Gasteiger partial charge in [-0.3, -0.25) is 0 Å². The van der Waals surface area contributed by atoms with E-state index in [2.05, 4.69) is 15.5 Å². The molecule has 0 spiro atoms. The largest absolute Gasteiger partial charge is 0.416 e. The Balaban J connectivity index is 2.40. The first-order valence-corrected chi connectivity index (χ1v) is 5.63. The second-order valence-electron chi connectivity index (χ2n) is 4.02. The Morgan fingerprint density at radius 1 is 1.11 bits per heavy atom. The van der Waals surface area contributed by atoms with Crippen molar-refractivity contribution in [3.05, 3.63) is 59.4 Å². The van der Waals surface area contributed by atoms with Crippen LogP contribution in [0.4, 0.5) is 13.2 Å².